The number of aromatic nitrogens is 3. The van der Waals surface area contributed by atoms with Crippen LogP contribution in [0.3, 0.4) is 0 Å². The number of nitrogens with one attached hydrogen (secondary N) is 2. The number of oxime groups is 1. The van der Waals surface area contributed by atoms with E-state index < -0.39 is 29.2 Å². The Balaban J connectivity index is 1.47. The Kier molecular flexibility index (Phi) is 8.34. The maximum absolute atomic E-state index is 13.0. The standard InChI is InChI=1S/C20H20N8O6S4/c1-7(29)22-4-11-25-26-16(38-11)10(35)3-8-5-36-18-13(17(31)28(18)14(8)19(32)33)24-15(30)12(27-34-2)9-6-37-20(21)23-9/h6,13,18H,3-5H2,1-2H3,(H2,21,23)(H,22,29)(H,24,30)(H,32,33). The van der Waals surface area contributed by atoms with E-state index in [2.05, 4.69) is 31.0 Å². The fraction of sp³-hybridized carbons (Fsp3) is 0.350. The second kappa shape index (κ2) is 11.5. The van der Waals surface area contributed by atoms with Crippen molar-refractivity contribution in [2.75, 3.05) is 18.6 Å². The molecule has 3 amide bonds. The zero-order valence-corrected chi connectivity index (χ0v) is 23.1. The Hall–Kier alpha value is -3.48. The van der Waals surface area contributed by atoms with Crippen LogP contribution in [0.2, 0.25) is 0 Å². The number of carbonyl (C=O) groups is 4. The first-order valence-corrected chi connectivity index (χ1v) is 13.9. The third kappa shape index (κ3) is 5.66. The van der Waals surface area contributed by atoms with E-state index in [-0.39, 0.29) is 46.9 Å². The van der Waals surface area contributed by atoms with Crippen LogP contribution < -0.4 is 16.4 Å². The molecule has 18 heteroatoms. The smallest absolute Gasteiger partial charge is 0.352 e. The lowest BCUT2D eigenvalue weighted by atomic mass is 10.0. The summed E-state index contributed by atoms with van der Waals surface area (Å²) in [5, 5.41) is 29.0. The van der Waals surface area contributed by atoms with E-state index in [1.165, 1.54) is 42.5 Å². The second-order valence-electron chi connectivity index (χ2n) is 7.82. The molecule has 14 nitrogen and oxygen atoms in total. The molecule has 0 spiro atoms. The number of thiocarbonyl (C=S) groups is 1. The summed E-state index contributed by atoms with van der Waals surface area (Å²) in [6.07, 6.45) is 0.0855. The van der Waals surface area contributed by atoms with E-state index in [1.54, 1.807) is 0 Å². The number of nitrogens with zero attached hydrogens (tertiary/aromatic N) is 5. The van der Waals surface area contributed by atoms with Gasteiger partial charge in [0.2, 0.25) is 5.91 Å². The zero-order valence-electron chi connectivity index (χ0n) is 19.8. The number of β-lactam (4-membered cyclic amide) rings is 1. The van der Waals surface area contributed by atoms with Crippen molar-refractivity contribution in [1.82, 2.24) is 30.7 Å². The van der Waals surface area contributed by atoms with Crippen molar-refractivity contribution < 1.29 is 29.1 Å². The van der Waals surface area contributed by atoms with Crippen LogP contribution in [0.1, 0.15) is 29.1 Å². The van der Waals surface area contributed by atoms with Crippen molar-refractivity contribution >= 4 is 86.1 Å². The Labute approximate surface area is 232 Å². The van der Waals surface area contributed by atoms with Gasteiger partial charge in [-0.2, -0.15) is 0 Å². The lowest BCUT2D eigenvalue weighted by Gasteiger charge is -2.49. The molecule has 2 unspecified atom stereocenters. The molecule has 38 heavy (non-hydrogen) atoms. The number of hydrogen-bond acceptors (Lipinski definition) is 14. The number of nitrogen functional groups attached to an aromatic ring is 1. The minimum Gasteiger partial charge on any atom is -0.477 e. The van der Waals surface area contributed by atoms with Crippen LogP contribution in [0, 0.1) is 0 Å². The van der Waals surface area contributed by atoms with Gasteiger partial charge in [0.15, 0.2) is 15.9 Å². The molecule has 0 aliphatic carbocycles. The number of carboxylic acid groups (broad SMARTS) is 1. The van der Waals surface area contributed by atoms with Crippen molar-refractivity contribution in [3.8, 4) is 0 Å². The van der Waals surface area contributed by atoms with Crippen LogP contribution in [0.5, 0.6) is 0 Å². The average molecular weight is 597 g/mol. The number of thiazole rings is 1. The van der Waals surface area contributed by atoms with Crippen LogP contribution in [-0.2, 0) is 30.6 Å². The monoisotopic (exact) mass is 596 g/mol. The fourth-order valence-electron chi connectivity index (χ4n) is 3.63. The van der Waals surface area contributed by atoms with Crippen LogP contribution in [0.15, 0.2) is 21.8 Å². The van der Waals surface area contributed by atoms with Gasteiger partial charge in [0, 0.05) is 24.5 Å². The molecule has 2 aromatic rings. The molecular formula is C20H20N8O6S4. The number of aliphatic carboxylic acids is 1. The molecule has 4 rings (SSSR count). The summed E-state index contributed by atoms with van der Waals surface area (Å²) in [5.74, 6) is -2.52. The minimum absolute atomic E-state index is 0.0855. The third-order valence-corrected chi connectivity index (χ3v) is 8.73. The maximum Gasteiger partial charge on any atom is 0.352 e. The molecule has 200 valence electrons. The number of rotatable bonds is 10. The Morgan fingerprint density at radius 3 is 2.76 bits per heavy atom. The molecule has 0 saturated carbocycles. The SMILES string of the molecule is CON=C(C(=O)NC1C(=O)N2C(C(=O)O)=C(CC(=S)c3nnc(CNC(C)=O)s3)CSC12)c1csc(N)n1. The summed E-state index contributed by atoms with van der Waals surface area (Å²) in [4.78, 5) is 59.4. The van der Waals surface area contributed by atoms with Gasteiger partial charge >= 0.3 is 5.97 Å². The first kappa shape index (κ1) is 27.6. The summed E-state index contributed by atoms with van der Waals surface area (Å²) in [7, 11) is 1.26. The lowest BCUT2D eigenvalue weighted by molar-refractivity contribution is -0.150. The summed E-state index contributed by atoms with van der Waals surface area (Å²) in [6, 6.07) is -0.979. The summed E-state index contributed by atoms with van der Waals surface area (Å²) in [5.41, 5.74) is 5.93. The average Bonchev–Trinajstić information content (AvgIpc) is 3.53. The topological polar surface area (TPSA) is 202 Å². The van der Waals surface area contributed by atoms with Gasteiger partial charge in [0.25, 0.3) is 11.8 Å². The molecular weight excluding hydrogens is 577 g/mol. The van der Waals surface area contributed by atoms with E-state index in [4.69, 9.17) is 22.8 Å². The number of anilines is 1. The number of thioether (sulfide) groups is 1. The summed E-state index contributed by atoms with van der Waals surface area (Å²) in [6.45, 7) is 1.59. The minimum atomic E-state index is -1.28. The Morgan fingerprint density at radius 1 is 1.37 bits per heavy atom. The molecule has 1 fully saturated rings. The molecule has 2 atom stereocenters. The van der Waals surface area contributed by atoms with Crippen molar-refractivity contribution in [1.29, 1.82) is 0 Å². The predicted octanol–water partition coefficient (Wildman–Crippen LogP) is 0.110. The molecule has 4 heterocycles. The van der Waals surface area contributed by atoms with Crippen molar-refractivity contribution in [2.24, 2.45) is 5.16 Å². The molecule has 2 aromatic heterocycles. The first-order chi connectivity index (χ1) is 18.1. The van der Waals surface area contributed by atoms with Gasteiger partial charge in [-0.1, -0.05) is 28.7 Å². The number of hydrogen-bond donors (Lipinski definition) is 4. The highest BCUT2D eigenvalue weighted by atomic mass is 32.2. The first-order valence-electron chi connectivity index (χ1n) is 10.7. The van der Waals surface area contributed by atoms with Gasteiger partial charge in [-0.3, -0.25) is 19.3 Å². The quantitative estimate of drug-likeness (QED) is 0.0949. The lowest BCUT2D eigenvalue weighted by Crippen LogP contribution is -2.71. The number of nitrogens with two attached hydrogens (primary N) is 1. The molecule has 2 aliphatic heterocycles. The Bertz CT molecular complexity index is 1380. The predicted molar refractivity (Wildman–Crippen MR) is 144 cm³/mol. The van der Waals surface area contributed by atoms with E-state index in [0.29, 0.717) is 20.5 Å². The molecule has 2 aliphatic rings. The van der Waals surface area contributed by atoms with Gasteiger partial charge in [-0.25, -0.2) is 9.78 Å². The largest absolute Gasteiger partial charge is 0.477 e. The van der Waals surface area contributed by atoms with E-state index >= 15 is 0 Å². The number of amides is 3. The van der Waals surface area contributed by atoms with E-state index in [1.807, 2.05) is 0 Å². The highest BCUT2D eigenvalue weighted by Crippen LogP contribution is 2.41. The van der Waals surface area contributed by atoms with Gasteiger partial charge in [-0.05, 0) is 5.57 Å². The van der Waals surface area contributed by atoms with Gasteiger partial charge in [0.05, 0.1) is 11.4 Å². The number of carbonyl (C=O) groups excluding carboxylic acids is 3. The third-order valence-electron chi connectivity index (χ3n) is 5.27. The summed E-state index contributed by atoms with van der Waals surface area (Å²) >= 11 is 9.08. The number of fused-ring (bicyclic) bond motifs is 1. The molecule has 0 bridgehead atoms. The zero-order chi connectivity index (χ0) is 27.6. The van der Waals surface area contributed by atoms with Crippen LogP contribution in [-0.4, -0.2) is 83.7 Å². The van der Waals surface area contributed by atoms with Crippen LogP contribution in [0.4, 0.5) is 5.13 Å². The highest BCUT2D eigenvalue weighted by Gasteiger charge is 2.54. The highest BCUT2D eigenvalue weighted by molar-refractivity contribution is 8.00. The van der Waals surface area contributed by atoms with Crippen molar-refractivity contribution in [3.63, 3.8) is 0 Å². The van der Waals surface area contributed by atoms with Gasteiger partial charge in [0.1, 0.15) is 34.9 Å². The fourth-order valence-corrected chi connectivity index (χ4v) is 6.58. The van der Waals surface area contributed by atoms with E-state index in [0.717, 1.165) is 16.2 Å². The normalized spacial score (nSPS) is 18.9. The molecule has 0 aromatic carbocycles. The molecule has 0 radical (unpaired) electrons. The molecule has 1 saturated heterocycles. The van der Waals surface area contributed by atoms with Gasteiger partial charge in [-0.15, -0.1) is 33.3 Å². The molecule has 5 N–H and O–H groups in total. The van der Waals surface area contributed by atoms with Gasteiger partial charge < -0.3 is 26.3 Å². The van der Waals surface area contributed by atoms with Crippen molar-refractivity contribution in [2.45, 2.75) is 31.3 Å². The van der Waals surface area contributed by atoms with Crippen LogP contribution >= 0.6 is 46.7 Å². The van der Waals surface area contributed by atoms with Crippen molar-refractivity contribution in [3.05, 3.63) is 32.4 Å². The number of carboxylic acids is 1. The van der Waals surface area contributed by atoms with Crippen LogP contribution in [0.25, 0.3) is 0 Å². The van der Waals surface area contributed by atoms with E-state index in [9.17, 15) is 24.3 Å². The summed E-state index contributed by atoms with van der Waals surface area (Å²) < 4.78 is 0. The Morgan fingerprint density at radius 2 is 2.13 bits per heavy atom. The second-order valence-corrected chi connectivity index (χ2v) is 11.4. The maximum atomic E-state index is 13.0.